The molecule has 14 heavy (non-hydrogen) atoms. The molecule has 0 aromatic heterocycles. The molecule has 1 rings (SSSR count). The molecule has 0 radical (unpaired) electrons. The molecule has 1 heteroatoms. The Kier molecular flexibility index (Phi) is 4.78. The van der Waals surface area contributed by atoms with E-state index in [1.807, 2.05) is 0 Å². The van der Waals surface area contributed by atoms with Gasteiger partial charge in [0.15, 0.2) is 0 Å². The van der Waals surface area contributed by atoms with E-state index in [1.54, 1.807) is 0 Å². The predicted octanol–water partition coefficient (Wildman–Crippen LogP) is 3.77. The molecule has 0 bridgehead atoms. The van der Waals surface area contributed by atoms with Crippen molar-refractivity contribution in [1.82, 2.24) is 0 Å². The molecule has 0 aromatic carbocycles. The Morgan fingerprint density at radius 3 is 2.93 bits per heavy atom. The van der Waals surface area contributed by atoms with Gasteiger partial charge in [0.1, 0.15) is 0 Å². The van der Waals surface area contributed by atoms with Gasteiger partial charge in [-0.05, 0) is 37.7 Å². The molecule has 0 saturated carbocycles. The van der Waals surface area contributed by atoms with Gasteiger partial charge < -0.3 is 5.73 Å². The molecule has 1 nitrogen and oxygen atoms in total. The maximum absolute atomic E-state index is 6.06. The lowest BCUT2D eigenvalue weighted by atomic mass is 10.00. The molecular weight excluding hydrogens is 170 g/mol. The molecule has 80 valence electrons. The highest BCUT2D eigenvalue weighted by molar-refractivity contribution is 5.23. The first kappa shape index (κ1) is 11.4. The smallest absolute Gasteiger partial charge is 0.0112 e. The van der Waals surface area contributed by atoms with Crippen LogP contribution < -0.4 is 5.73 Å². The van der Waals surface area contributed by atoms with Crippen LogP contribution in [0.5, 0.6) is 0 Å². The van der Waals surface area contributed by atoms with Crippen LogP contribution in [0.25, 0.3) is 0 Å². The van der Waals surface area contributed by atoms with E-state index in [0.717, 1.165) is 5.70 Å². The molecule has 2 N–H and O–H groups in total. The standard InChI is InChI=1S/C13H23N/c1-3-7-12-9-6-4-5-8-11(2)13(14)10-12/h9-11H,3-8,14H2,1-2H3/b12-9-,13-10+. The summed E-state index contributed by atoms with van der Waals surface area (Å²) in [7, 11) is 0. The highest BCUT2D eigenvalue weighted by atomic mass is 14.6. The number of rotatable bonds is 2. The van der Waals surface area contributed by atoms with Gasteiger partial charge in [-0.3, -0.25) is 0 Å². The van der Waals surface area contributed by atoms with E-state index in [0.29, 0.717) is 5.92 Å². The summed E-state index contributed by atoms with van der Waals surface area (Å²) in [5, 5.41) is 0. The van der Waals surface area contributed by atoms with Crippen molar-refractivity contribution in [3.8, 4) is 0 Å². The van der Waals surface area contributed by atoms with E-state index >= 15 is 0 Å². The average molecular weight is 193 g/mol. The second-order valence-corrected chi connectivity index (χ2v) is 4.36. The molecule has 0 aromatic rings. The molecule has 0 fully saturated rings. The minimum Gasteiger partial charge on any atom is -0.402 e. The van der Waals surface area contributed by atoms with Crippen LogP contribution >= 0.6 is 0 Å². The summed E-state index contributed by atoms with van der Waals surface area (Å²) in [6.45, 7) is 4.46. The van der Waals surface area contributed by atoms with Gasteiger partial charge in [0.25, 0.3) is 0 Å². The summed E-state index contributed by atoms with van der Waals surface area (Å²) >= 11 is 0. The maximum atomic E-state index is 6.06. The van der Waals surface area contributed by atoms with Crippen LogP contribution in [0.4, 0.5) is 0 Å². The summed E-state index contributed by atoms with van der Waals surface area (Å²) in [5.41, 5.74) is 8.58. The third-order valence-corrected chi connectivity index (χ3v) is 2.96. The normalized spacial score (nSPS) is 31.7. The summed E-state index contributed by atoms with van der Waals surface area (Å²) in [4.78, 5) is 0. The molecule has 0 saturated heterocycles. The molecule has 0 spiro atoms. The fourth-order valence-electron chi connectivity index (χ4n) is 1.93. The van der Waals surface area contributed by atoms with Gasteiger partial charge in [-0.15, -0.1) is 0 Å². The minimum absolute atomic E-state index is 0.563. The quantitative estimate of drug-likeness (QED) is 0.710. The lowest BCUT2D eigenvalue weighted by Gasteiger charge is -2.10. The predicted molar refractivity (Wildman–Crippen MR) is 62.9 cm³/mol. The van der Waals surface area contributed by atoms with Gasteiger partial charge in [-0.25, -0.2) is 0 Å². The molecule has 1 aliphatic rings. The van der Waals surface area contributed by atoms with Crippen LogP contribution in [0.3, 0.4) is 0 Å². The molecule has 1 aliphatic carbocycles. The zero-order chi connectivity index (χ0) is 10.4. The largest absolute Gasteiger partial charge is 0.402 e. The number of hydrogen-bond donors (Lipinski definition) is 1. The zero-order valence-corrected chi connectivity index (χ0v) is 9.55. The van der Waals surface area contributed by atoms with Crippen molar-refractivity contribution in [1.29, 1.82) is 0 Å². The lowest BCUT2D eigenvalue weighted by molar-refractivity contribution is 0.559. The maximum Gasteiger partial charge on any atom is 0.0112 e. The molecular formula is C13H23N. The van der Waals surface area contributed by atoms with E-state index in [4.69, 9.17) is 5.73 Å². The van der Waals surface area contributed by atoms with Crippen LogP contribution in [-0.4, -0.2) is 0 Å². The van der Waals surface area contributed by atoms with Crippen molar-refractivity contribution >= 4 is 0 Å². The Balaban J connectivity index is 2.72. The molecule has 0 aliphatic heterocycles. The molecule has 0 heterocycles. The van der Waals surface area contributed by atoms with Gasteiger partial charge in [-0.1, -0.05) is 38.3 Å². The first-order valence-electron chi connectivity index (χ1n) is 5.90. The molecule has 0 amide bonds. The Morgan fingerprint density at radius 2 is 2.21 bits per heavy atom. The third-order valence-electron chi connectivity index (χ3n) is 2.96. The summed E-state index contributed by atoms with van der Waals surface area (Å²) in [5.74, 6) is 0.563. The van der Waals surface area contributed by atoms with E-state index in [-0.39, 0.29) is 0 Å². The van der Waals surface area contributed by atoms with Gasteiger partial charge in [0.2, 0.25) is 0 Å². The highest BCUT2D eigenvalue weighted by Crippen LogP contribution is 2.21. The Hall–Kier alpha value is -0.720. The molecule has 1 atom stereocenters. The fraction of sp³-hybridized carbons (Fsp3) is 0.692. The van der Waals surface area contributed by atoms with Crippen molar-refractivity contribution in [2.75, 3.05) is 0 Å². The monoisotopic (exact) mass is 193 g/mol. The highest BCUT2D eigenvalue weighted by Gasteiger charge is 2.07. The van der Waals surface area contributed by atoms with Crippen LogP contribution in [-0.2, 0) is 0 Å². The summed E-state index contributed by atoms with van der Waals surface area (Å²) in [6, 6.07) is 0. The lowest BCUT2D eigenvalue weighted by Crippen LogP contribution is -2.08. The summed E-state index contributed by atoms with van der Waals surface area (Å²) < 4.78 is 0. The van der Waals surface area contributed by atoms with Crippen LogP contribution in [0, 0.1) is 5.92 Å². The van der Waals surface area contributed by atoms with Crippen LogP contribution in [0.15, 0.2) is 23.4 Å². The van der Waals surface area contributed by atoms with Gasteiger partial charge in [0, 0.05) is 5.70 Å². The van der Waals surface area contributed by atoms with Crippen molar-refractivity contribution in [3.05, 3.63) is 23.4 Å². The van der Waals surface area contributed by atoms with Crippen molar-refractivity contribution in [2.24, 2.45) is 11.7 Å². The SMILES string of the molecule is CCCC1=C/CCCCC(C)/C(N)=C\1. The minimum atomic E-state index is 0.563. The van der Waals surface area contributed by atoms with Crippen LogP contribution in [0.2, 0.25) is 0 Å². The Morgan fingerprint density at radius 1 is 1.43 bits per heavy atom. The Labute approximate surface area is 88.1 Å². The first-order valence-corrected chi connectivity index (χ1v) is 5.90. The van der Waals surface area contributed by atoms with E-state index in [9.17, 15) is 0 Å². The van der Waals surface area contributed by atoms with Gasteiger partial charge in [-0.2, -0.15) is 0 Å². The van der Waals surface area contributed by atoms with Gasteiger partial charge >= 0.3 is 0 Å². The van der Waals surface area contributed by atoms with E-state index in [1.165, 1.54) is 44.1 Å². The first-order chi connectivity index (χ1) is 6.74. The number of nitrogens with two attached hydrogens (primary N) is 1. The zero-order valence-electron chi connectivity index (χ0n) is 9.55. The second kappa shape index (κ2) is 5.90. The average Bonchev–Trinajstić information content (AvgIpc) is 2.22. The topological polar surface area (TPSA) is 26.0 Å². The summed E-state index contributed by atoms with van der Waals surface area (Å²) in [6.07, 6.45) is 12.1. The van der Waals surface area contributed by atoms with Gasteiger partial charge in [0.05, 0.1) is 0 Å². The number of hydrogen-bond acceptors (Lipinski definition) is 1. The van der Waals surface area contributed by atoms with Crippen LogP contribution in [0.1, 0.15) is 52.4 Å². The van der Waals surface area contributed by atoms with E-state index in [2.05, 4.69) is 26.0 Å². The molecule has 1 unspecified atom stereocenters. The third kappa shape index (κ3) is 3.57. The van der Waals surface area contributed by atoms with E-state index < -0.39 is 0 Å². The second-order valence-electron chi connectivity index (χ2n) is 4.36. The fourth-order valence-corrected chi connectivity index (χ4v) is 1.93. The van der Waals surface area contributed by atoms with Crippen molar-refractivity contribution < 1.29 is 0 Å². The van der Waals surface area contributed by atoms with Crippen molar-refractivity contribution in [2.45, 2.75) is 52.4 Å². The Bertz CT molecular complexity index is 225. The number of allylic oxidation sites excluding steroid dienone is 4. The van der Waals surface area contributed by atoms with Crippen molar-refractivity contribution in [3.63, 3.8) is 0 Å².